The molecular weight excluding hydrogens is 424 g/mol. The minimum Gasteiger partial charge on any atom is -0.497 e. The number of sulfonamides is 1. The average molecular weight is 445 g/mol. The Hall–Kier alpha value is -2.98. The van der Waals surface area contributed by atoms with Crippen molar-refractivity contribution in [1.82, 2.24) is 10.2 Å². The molecule has 1 aromatic heterocycles. The zero-order valence-corrected chi connectivity index (χ0v) is 18.3. The van der Waals surface area contributed by atoms with Crippen molar-refractivity contribution < 1.29 is 17.9 Å². The Kier molecular flexibility index (Phi) is 5.20. The summed E-state index contributed by atoms with van der Waals surface area (Å²) in [7, 11) is -2.35. The molecule has 30 heavy (non-hydrogen) atoms. The van der Waals surface area contributed by atoms with Gasteiger partial charge in [0.1, 0.15) is 5.75 Å². The highest BCUT2D eigenvalue weighted by molar-refractivity contribution is 7.94. The van der Waals surface area contributed by atoms with E-state index in [1.54, 1.807) is 31.4 Å². The van der Waals surface area contributed by atoms with E-state index in [2.05, 4.69) is 15.5 Å². The highest BCUT2D eigenvalue weighted by atomic mass is 32.2. The van der Waals surface area contributed by atoms with Crippen LogP contribution in [0.15, 0.2) is 46.8 Å². The first-order chi connectivity index (χ1) is 14.3. The number of aryl methyl sites for hydroxylation is 1. The third-order valence-corrected chi connectivity index (χ3v) is 7.96. The van der Waals surface area contributed by atoms with Crippen molar-refractivity contribution in [2.24, 2.45) is 0 Å². The number of amides is 1. The molecule has 0 fully saturated rings. The first kappa shape index (κ1) is 20.3. The van der Waals surface area contributed by atoms with Gasteiger partial charge in [0.2, 0.25) is 5.13 Å². The Bertz CT molecular complexity index is 1210. The van der Waals surface area contributed by atoms with Crippen LogP contribution in [-0.2, 0) is 16.4 Å². The maximum Gasteiger partial charge on any atom is 0.293 e. The number of methoxy groups -OCH3 is 1. The second-order valence-corrected chi connectivity index (χ2v) is 10.0. The summed E-state index contributed by atoms with van der Waals surface area (Å²) < 4.78 is 32.8. The number of benzene rings is 2. The van der Waals surface area contributed by atoms with Crippen molar-refractivity contribution >= 4 is 38.1 Å². The second kappa shape index (κ2) is 7.69. The highest BCUT2D eigenvalue weighted by Gasteiger charge is 2.38. The molecule has 1 aliphatic heterocycles. The molecule has 4 rings (SSSR count). The number of nitrogens with one attached hydrogen (secondary N) is 1. The van der Waals surface area contributed by atoms with Crippen LogP contribution >= 0.6 is 11.3 Å². The van der Waals surface area contributed by atoms with Crippen molar-refractivity contribution in [2.45, 2.75) is 30.6 Å². The molecule has 156 valence electrons. The molecule has 10 heteroatoms. The van der Waals surface area contributed by atoms with Gasteiger partial charge in [0.15, 0.2) is 0 Å². The molecule has 1 aliphatic rings. The Morgan fingerprint density at radius 1 is 1.20 bits per heavy atom. The zero-order chi connectivity index (χ0) is 21.5. The summed E-state index contributed by atoms with van der Waals surface area (Å²) in [6.45, 7) is 3.84. The van der Waals surface area contributed by atoms with Crippen LogP contribution in [0.25, 0.3) is 0 Å². The van der Waals surface area contributed by atoms with Crippen molar-refractivity contribution in [2.75, 3.05) is 16.7 Å². The molecule has 0 spiro atoms. The van der Waals surface area contributed by atoms with E-state index >= 15 is 0 Å². The summed E-state index contributed by atoms with van der Waals surface area (Å²) in [6, 6.07) is 12.0. The SMILES string of the molecule is COc1ccc(C(=O)Nc2nnc(S(=O)(=O)N3c4ccc(C)cc4C[C@@H]3C)s2)cc1. The van der Waals surface area contributed by atoms with Gasteiger partial charge in [-0.25, -0.2) is 0 Å². The lowest BCUT2D eigenvalue weighted by Gasteiger charge is -2.22. The fraction of sp³-hybridized carbons (Fsp3) is 0.250. The van der Waals surface area contributed by atoms with Gasteiger partial charge in [-0.05, 0) is 56.2 Å². The van der Waals surface area contributed by atoms with E-state index in [0.717, 1.165) is 22.5 Å². The van der Waals surface area contributed by atoms with E-state index in [4.69, 9.17) is 4.74 Å². The van der Waals surface area contributed by atoms with Gasteiger partial charge < -0.3 is 4.74 Å². The third kappa shape index (κ3) is 3.63. The lowest BCUT2D eigenvalue weighted by molar-refractivity contribution is 0.102. The van der Waals surface area contributed by atoms with Gasteiger partial charge in [0.25, 0.3) is 20.3 Å². The molecule has 2 heterocycles. The minimum atomic E-state index is -3.89. The molecule has 1 amide bonds. The molecule has 2 aromatic carbocycles. The predicted molar refractivity (Wildman–Crippen MR) is 115 cm³/mol. The normalized spacial score (nSPS) is 15.7. The van der Waals surface area contributed by atoms with Gasteiger partial charge in [0.05, 0.1) is 12.8 Å². The average Bonchev–Trinajstić information content (AvgIpc) is 3.32. The van der Waals surface area contributed by atoms with Crippen LogP contribution in [0, 0.1) is 6.92 Å². The number of carbonyl (C=O) groups is 1. The zero-order valence-electron chi connectivity index (χ0n) is 16.6. The quantitative estimate of drug-likeness (QED) is 0.606. The van der Waals surface area contributed by atoms with Crippen LogP contribution in [0.1, 0.15) is 28.4 Å². The number of nitrogens with zero attached hydrogens (tertiary/aromatic N) is 3. The van der Waals surface area contributed by atoms with Gasteiger partial charge >= 0.3 is 0 Å². The first-order valence-electron chi connectivity index (χ1n) is 9.22. The Morgan fingerprint density at radius 3 is 2.63 bits per heavy atom. The molecule has 8 nitrogen and oxygen atoms in total. The number of hydrogen-bond acceptors (Lipinski definition) is 7. The summed E-state index contributed by atoms with van der Waals surface area (Å²) in [5, 5.41) is 10.4. The van der Waals surface area contributed by atoms with Crippen LogP contribution in [0.4, 0.5) is 10.8 Å². The largest absolute Gasteiger partial charge is 0.497 e. The van der Waals surface area contributed by atoms with E-state index < -0.39 is 15.9 Å². The molecule has 0 saturated heterocycles. The molecular formula is C20H20N4O4S2. The molecule has 1 atom stereocenters. The standard InChI is InChI=1S/C20H20N4O4S2/c1-12-4-9-17-15(10-12)11-13(2)24(17)30(26,27)20-23-22-19(29-20)21-18(25)14-5-7-16(28-3)8-6-14/h4-10,13H,11H2,1-3H3,(H,21,22,25)/t13-/m0/s1. The van der Waals surface area contributed by atoms with Crippen molar-refractivity contribution in [3.05, 3.63) is 59.2 Å². The van der Waals surface area contributed by atoms with Crippen LogP contribution in [-0.4, -0.2) is 37.7 Å². The van der Waals surface area contributed by atoms with E-state index in [1.165, 1.54) is 4.31 Å². The molecule has 0 bridgehead atoms. The fourth-order valence-electron chi connectivity index (χ4n) is 3.46. The van der Waals surface area contributed by atoms with Crippen molar-refractivity contribution in [3.8, 4) is 5.75 Å². The van der Waals surface area contributed by atoms with Gasteiger partial charge in [-0.2, -0.15) is 8.42 Å². The molecule has 3 aromatic rings. The second-order valence-electron chi connectivity index (χ2n) is 7.04. The summed E-state index contributed by atoms with van der Waals surface area (Å²) in [5.41, 5.74) is 3.13. The summed E-state index contributed by atoms with van der Waals surface area (Å²) >= 11 is 0.829. The maximum absolute atomic E-state index is 13.2. The number of anilines is 2. The number of ether oxygens (including phenoxy) is 1. The lowest BCUT2D eigenvalue weighted by atomic mass is 10.1. The molecule has 0 aliphatic carbocycles. The minimum absolute atomic E-state index is 0.116. The number of hydrogen-bond donors (Lipinski definition) is 1. The van der Waals surface area contributed by atoms with E-state index in [-0.39, 0.29) is 15.5 Å². The molecule has 1 N–H and O–H groups in total. The van der Waals surface area contributed by atoms with Crippen LogP contribution in [0.3, 0.4) is 0 Å². The van der Waals surface area contributed by atoms with E-state index in [0.29, 0.717) is 23.4 Å². The van der Waals surface area contributed by atoms with Crippen LogP contribution in [0.5, 0.6) is 5.75 Å². The Morgan fingerprint density at radius 2 is 1.93 bits per heavy atom. The molecule has 0 unspecified atom stereocenters. The van der Waals surface area contributed by atoms with Gasteiger partial charge in [-0.1, -0.05) is 29.0 Å². The maximum atomic E-state index is 13.2. The smallest absolute Gasteiger partial charge is 0.293 e. The molecule has 0 radical (unpaired) electrons. The predicted octanol–water partition coefficient (Wildman–Crippen LogP) is 3.25. The Balaban J connectivity index is 1.56. The van der Waals surface area contributed by atoms with E-state index in [9.17, 15) is 13.2 Å². The summed E-state index contributed by atoms with van der Waals surface area (Å²) in [5.74, 6) is 0.221. The Labute approximate surface area is 178 Å². The highest BCUT2D eigenvalue weighted by Crippen LogP contribution is 2.38. The van der Waals surface area contributed by atoms with Crippen molar-refractivity contribution in [3.63, 3.8) is 0 Å². The summed E-state index contributed by atoms with van der Waals surface area (Å²) in [6.07, 6.45) is 0.635. The number of carbonyl (C=O) groups excluding carboxylic acids is 1. The lowest BCUT2D eigenvalue weighted by Crippen LogP contribution is -2.35. The van der Waals surface area contributed by atoms with Crippen LogP contribution in [0.2, 0.25) is 0 Å². The van der Waals surface area contributed by atoms with Gasteiger partial charge in [-0.3, -0.25) is 14.4 Å². The fourth-order valence-corrected chi connectivity index (χ4v) is 6.13. The number of aromatic nitrogens is 2. The number of fused-ring (bicyclic) bond motifs is 1. The van der Waals surface area contributed by atoms with Gasteiger partial charge in [0, 0.05) is 11.6 Å². The number of rotatable bonds is 5. The topological polar surface area (TPSA) is 101 Å². The third-order valence-electron chi connectivity index (χ3n) is 4.85. The van der Waals surface area contributed by atoms with Gasteiger partial charge in [-0.15, -0.1) is 10.2 Å². The molecule has 0 saturated carbocycles. The summed E-state index contributed by atoms with van der Waals surface area (Å²) in [4.78, 5) is 12.4. The van der Waals surface area contributed by atoms with E-state index in [1.807, 2.05) is 32.0 Å². The van der Waals surface area contributed by atoms with Crippen LogP contribution < -0.4 is 14.4 Å². The monoisotopic (exact) mass is 444 g/mol. The first-order valence-corrected chi connectivity index (χ1v) is 11.5. The van der Waals surface area contributed by atoms with Crippen molar-refractivity contribution in [1.29, 1.82) is 0 Å².